The third kappa shape index (κ3) is 2.35. The van der Waals surface area contributed by atoms with Gasteiger partial charge in [0.2, 0.25) is 0 Å². The molecular formula is C12H11Cl2N3O. The Labute approximate surface area is 114 Å². The van der Waals surface area contributed by atoms with Gasteiger partial charge in [-0.15, -0.1) is 0 Å². The van der Waals surface area contributed by atoms with Gasteiger partial charge in [-0.05, 0) is 17.7 Å². The maximum atomic E-state index is 12.1. The van der Waals surface area contributed by atoms with Gasteiger partial charge in [-0.2, -0.15) is 5.10 Å². The second-order valence-electron chi connectivity index (χ2n) is 3.87. The number of nitrogens with zero attached hydrogens (tertiary/aromatic N) is 2. The first-order chi connectivity index (χ1) is 8.50. The number of carbonyl (C=O) groups excluding carboxylic acids is 1. The lowest BCUT2D eigenvalue weighted by Crippen LogP contribution is -2.08. The summed E-state index contributed by atoms with van der Waals surface area (Å²) in [5, 5.41) is 4.87. The van der Waals surface area contributed by atoms with Crippen molar-refractivity contribution < 1.29 is 4.79 Å². The molecule has 6 heteroatoms. The normalized spacial score (nSPS) is 10.6. The van der Waals surface area contributed by atoms with Crippen molar-refractivity contribution >= 4 is 34.8 Å². The van der Waals surface area contributed by atoms with E-state index in [0.717, 1.165) is 0 Å². The fraction of sp³-hybridized carbons (Fsp3) is 0.167. The fourth-order valence-corrected chi connectivity index (χ4v) is 2.15. The average Bonchev–Trinajstić information content (AvgIpc) is 2.65. The van der Waals surface area contributed by atoms with Crippen molar-refractivity contribution in [3.05, 3.63) is 45.6 Å². The third-order valence-electron chi connectivity index (χ3n) is 2.68. The topological polar surface area (TPSA) is 60.9 Å². The van der Waals surface area contributed by atoms with Crippen molar-refractivity contribution in [2.24, 2.45) is 7.05 Å². The van der Waals surface area contributed by atoms with Gasteiger partial charge in [-0.3, -0.25) is 9.48 Å². The zero-order valence-corrected chi connectivity index (χ0v) is 11.2. The molecule has 1 heterocycles. The highest BCUT2D eigenvalue weighted by Gasteiger charge is 2.17. The number of hydrogen-bond acceptors (Lipinski definition) is 3. The first-order valence-corrected chi connectivity index (χ1v) is 6.00. The highest BCUT2D eigenvalue weighted by atomic mass is 35.5. The van der Waals surface area contributed by atoms with E-state index < -0.39 is 0 Å². The SMILES string of the molecule is Cn1ncc(C(=O)Cc2c(Cl)cccc2Cl)c1N. The summed E-state index contributed by atoms with van der Waals surface area (Å²) in [6, 6.07) is 5.13. The number of carbonyl (C=O) groups is 1. The molecule has 0 amide bonds. The minimum Gasteiger partial charge on any atom is -0.383 e. The smallest absolute Gasteiger partial charge is 0.172 e. The zero-order chi connectivity index (χ0) is 13.3. The van der Waals surface area contributed by atoms with Gasteiger partial charge in [0, 0.05) is 23.5 Å². The molecule has 2 rings (SSSR count). The van der Waals surface area contributed by atoms with Crippen LogP contribution >= 0.6 is 23.2 Å². The van der Waals surface area contributed by atoms with Crippen molar-refractivity contribution in [3.8, 4) is 0 Å². The summed E-state index contributed by atoms with van der Waals surface area (Å²) in [6.45, 7) is 0. The molecule has 0 spiro atoms. The maximum absolute atomic E-state index is 12.1. The highest BCUT2D eigenvalue weighted by Crippen LogP contribution is 2.26. The lowest BCUT2D eigenvalue weighted by atomic mass is 10.0. The largest absolute Gasteiger partial charge is 0.383 e. The average molecular weight is 284 g/mol. The Morgan fingerprint density at radius 1 is 1.39 bits per heavy atom. The molecule has 94 valence electrons. The molecule has 2 N–H and O–H groups in total. The van der Waals surface area contributed by atoms with Gasteiger partial charge in [0.1, 0.15) is 5.82 Å². The minimum absolute atomic E-state index is 0.106. The number of halogens is 2. The molecule has 0 aliphatic heterocycles. The van der Waals surface area contributed by atoms with Gasteiger partial charge in [0.25, 0.3) is 0 Å². The number of ketones is 1. The Morgan fingerprint density at radius 3 is 2.50 bits per heavy atom. The Kier molecular flexibility index (Phi) is 3.59. The van der Waals surface area contributed by atoms with E-state index in [1.165, 1.54) is 10.9 Å². The van der Waals surface area contributed by atoms with Crippen LogP contribution in [0.5, 0.6) is 0 Å². The van der Waals surface area contributed by atoms with Crippen LogP contribution in [0.4, 0.5) is 5.82 Å². The number of aryl methyl sites for hydroxylation is 1. The van der Waals surface area contributed by atoms with Crippen LogP contribution in [0.15, 0.2) is 24.4 Å². The fourth-order valence-electron chi connectivity index (χ4n) is 1.62. The van der Waals surface area contributed by atoms with Crippen LogP contribution < -0.4 is 5.73 Å². The summed E-state index contributed by atoms with van der Waals surface area (Å²) in [4.78, 5) is 12.1. The second kappa shape index (κ2) is 5.00. The summed E-state index contributed by atoms with van der Waals surface area (Å²) >= 11 is 12.0. The van der Waals surface area contributed by atoms with Gasteiger partial charge in [-0.25, -0.2) is 0 Å². The Hall–Kier alpha value is -1.52. The minimum atomic E-state index is -0.157. The molecular weight excluding hydrogens is 273 g/mol. The summed E-state index contributed by atoms with van der Waals surface area (Å²) in [5.74, 6) is 0.179. The van der Waals surface area contributed by atoms with Crippen LogP contribution in [0.2, 0.25) is 10.0 Å². The lowest BCUT2D eigenvalue weighted by Gasteiger charge is -2.05. The molecule has 0 aliphatic carbocycles. The predicted octanol–water partition coefficient (Wildman–Crippen LogP) is 2.73. The first-order valence-electron chi connectivity index (χ1n) is 5.24. The van der Waals surface area contributed by atoms with Crippen molar-refractivity contribution in [3.63, 3.8) is 0 Å². The van der Waals surface area contributed by atoms with Crippen molar-refractivity contribution in [2.75, 3.05) is 5.73 Å². The van der Waals surface area contributed by atoms with Gasteiger partial charge in [-0.1, -0.05) is 29.3 Å². The van der Waals surface area contributed by atoms with Crippen molar-refractivity contribution in [1.29, 1.82) is 0 Å². The predicted molar refractivity (Wildman–Crippen MR) is 72.1 cm³/mol. The molecule has 0 bridgehead atoms. The molecule has 18 heavy (non-hydrogen) atoms. The summed E-state index contributed by atoms with van der Waals surface area (Å²) < 4.78 is 1.45. The molecule has 1 aromatic heterocycles. The van der Waals surface area contributed by atoms with Crippen molar-refractivity contribution in [2.45, 2.75) is 6.42 Å². The highest BCUT2D eigenvalue weighted by molar-refractivity contribution is 6.36. The second-order valence-corrected chi connectivity index (χ2v) is 4.68. The van der Waals surface area contributed by atoms with Gasteiger partial charge < -0.3 is 5.73 Å². The summed E-state index contributed by atoms with van der Waals surface area (Å²) in [7, 11) is 1.68. The number of nitrogen functional groups attached to an aromatic ring is 1. The lowest BCUT2D eigenvalue weighted by molar-refractivity contribution is 0.0994. The Bertz CT molecular complexity index is 587. The van der Waals surface area contributed by atoms with Crippen LogP contribution in [0.1, 0.15) is 15.9 Å². The van der Waals surface area contributed by atoms with Gasteiger partial charge in [0.15, 0.2) is 5.78 Å². The van der Waals surface area contributed by atoms with Crippen LogP contribution in [0.25, 0.3) is 0 Å². The molecule has 0 atom stereocenters. The number of Topliss-reactive ketones (excluding diaryl/α,β-unsaturated/α-hetero) is 1. The van der Waals surface area contributed by atoms with Gasteiger partial charge in [0.05, 0.1) is 11.8 Å². The Balaban J connectivity index is 2.30. The van der Waals surface area contributed by atoms with E-state index in [4.69, 9.17) is 28.9 Å². The first kappa shape index (κ1) is 12.9. The van der Waals surface area contributed by atoms with Crippen LogP contribution in [0.3, 0.4) is 0 Å². The molecule has 0 fully saturated rings. The molecule has 4 nitrogen and oxygen atoms in total. The zero-order valence-electron chi connectivity index (χ0n) is 9.65. The van der Waals surface area contributed by atoms with Crippen LogP contribution in [0, 0.1) is 0 Å². The van der Waals surface area contributed by atoms with E-state index in [0.29, 0.717) is 27.0 Å². The van der Waals surface area contributed by atoms with Crippen LogP contribution in [-0.4, -0.2) is 15.6 Å². The standard InChI is InChI=1S/C12H11Cl2N3O/c1-17-12(15)8(6-16-17)11(18)5-7-9(13)3-2-4-10(7)14/h2-4,6H,5,15H2,1H3. The molecule has 1 aromatic carbocycles. The monoisotopic (exact) mass is 283 g/mol. The number of rotatable bonds is 3. The molecule has 0 unspecified atom stereocenters. The maximum Gasteiger partial charge on any atom is 0.172 e. The van der Waals surface area contributed by atoms with E-state index in [1.54, 1.807) is 25.2 Å². The molecule has 0 saturated heterocycles. The number of benzene rings is 1. The van der Waals surface area contributed by atoms with E-state index in [-0.39, 0.29) is 12.2 Å². The summed E-state index contributed by atoms with van der Waals surface area (Å²) in [5.41, 5.74) is 6.74. The quantitative estimate of drug-likeness (QED) is 0.881. The molecule has 0 saturated carbocycles. The van der Waals surface area contributed by atoms with E-state index in [9.17, 15) is 4.79 Å². The number of nitrogens with two attached hydrogens (primary N) is 1. The molecule has 0 aliphatic rings. The number of hydrogen-bond donors (Lipinski definition) is 1. The van der Waals surface area contributed by atoms with E-state index in [1.807, 2.05) is 0 Å². The molecule has 0 radical (unpaired) electrons. The third-order valence-corrected chi connectivity index (χ3v) is 3.39. The summed E-state index contributed by atoms with van der Waals surface area (Å²) in [6.07, 6.45) is 1.55. The van der Waals surface area contributed by atoms with E-state index >= 15 is 0 Å². The number of anilines is 1. The number of aromatic nitrogens is 2. The van der Waals surface area contributed by atoms with Crippen LogP contribution in [-0.2, 0) is 13.5 Å². The Morgan fingerprint density at radius 2 is 2.00 bits per heavy atom. The molecule has 2 aromatic rings. The van der Waals surface area contributed by atoms with Crippen molar-refractivity contribution in [1.82, 2.24) is 9.78 Å². The van der Waals surface area contributed by atoms with Gasteiger partial charge >= 0.3 is 0 Å². The van der Waals surface area contributed by atoms with E-state index in [2.05, 4.69) is 5.10 Å².